The maximum atomic E-state index is 13.4. The summed E-state index contributed by atoms with van der Waals surface area (Å²) in [5, 5.41) is 9.44. The Hall–Kier alpha value is -1.79. The van der Waals surface area contributed by atoms with Crippen LogP contribution >= 0.6 is 0 Å². The highest BCUT2D eigenvalue weighted by Crippen LogP contribution is 2.22. The van der Waals surface area contributed by atoms with Crippen molar-refractivity contribution in [3.63, 3.8) is 0 Å². The summed E-state index contributed by atoms with van der Waals surface area (Å²) in [5.41, 5.74) is 0. The zero-order valence-corrected chi connectivity index (χ0v) is 42.2. The number of aliphatic hydroxyl groups excluding tert-OH is 1. The van der Waals surface area contributed by atoms with Gasteiger partial charge in [-0.15, -0.1) is 0 Å². The van der Waals surface area contributed by atoms with E-state index in [9.17, 15) is 19.5 Å². The molecule has 1 aliphatic rings. The van der Waals surface area contributed by atoms with E-state index in [-0.39, 0.29) is 42.3 Å². The quantitative estimate of drug-likeness (QED) is 0.0358. The average Bonchev–Trinajstić information content (AvgIpc) is 3.29. The Labute approximate surface area is 388 Å². The monoisotopic (exact) mass is 895 g/mol. The normalized spacial score (nSPS) is 15.2. The maximum Gasteiger partial charge on any atom is 0.308 e. The molecule has 1 heterocycles. The molecule has 0 bridgehead atoms. The first-order valence-corrected chi connectivity index (χ1v) is 26.8. The number of carbonyl (C=O) groups excluding carboxylic acids is 3. The molecule has 63 heavy (non-hydrogen) atoms. The summed E-state index contributed by atoms with van der Waals surface area (Å²) < 4.78 is 18.1. The molecule has 372 valence electrons. The summed E-state index contributed by atoms with van der Waals surface area (Å²) in [6.07, 6.45) is 25.5. The highest BCUT2D eigenvalue weighted by Gasteiger charge is 2.24. The average molecular weight is 895 g/mol. The fraction of sp³-hybridized carbons (Fsp3) is 0.942. The van der Waals surface area contributed by atoms with E-state index in [1.54, 1.807) is 0 Å². The Morgan fingerprint density at radius 1 is 0.413 bits per heavy atom. The van der Waals surface area contributed by atoms with Gasteiger partial charge >= 0.3 is 17.9 Å². The third-order valence-electron chi connectivity index (χ3n) is 13.2. The number of piperazine rings is 1. The second-order valence-electron chi connectivity index (χ2n) is 18.7. The first kappa shape index (κ1) is 59.2. The van der Waals surface area contributed by atoms with Gasteiger partial charge in [0.1, 0.15) is 19.8 Å². The molecule has 0 spiro atoms. The van der Waals surface area contributed by atoms with Crippen LogP contribution in [0.5, 0.6) is 0 Å². The number of aliphatic hydroxyl groups is 1. The van der Waals surface area contributed by atoms with Crippen molar-refractivity contribution < 1.29 is 33.7 Å². The first-order valence-electron chi connectivity index (χ1n) is 26.8. The van der Waals surface area contributed by atoms with Crippen LogP contribution in [0.1, 0.15) is 196 Å². The van der Waals surface area contributed by atoms with Crippen LogP contribution in [0.4, 0.5) is 0 Å². The number of nitrogens with zero attached hydrogens (tertiary/aromatic N) is 4. The Morgan fingerprint density at radius 2 is 0.714 bits per heavy atom. The van der Waals surface area contributed by atoms with Crippen LogP contribution < -0.4 is 0 Å². The van der Waals surface area contributed by atoms with Crippen LogP contribution in [0.25, 0.3) is 0 Å². The van der Waals surface area contributed by atoms with Crippen molar-refractivity contribution in [1.82, 2.24) is 19.6 Å². The zero-order valence-electron chi connectivity index (χ0n) is 42.2. The molecule has 1 fully saturated rings. The molecule has 11 heteroatoms. The largest absolute Gasteiger partial charge is 0.464 e. The Bertz CT molecular complexity index is 1030. The molecule has 1 aliphatic heterocycles. The highest BCUT2D eigenvalue weighted by molar-refractivity contribution is 5.73. The molecule has 0 amide bonds. The van der Waals surface area contributed by atoms with Crippen molar-refractivity contribution in [2.75, 3.05) is 105 Å². The Balaban J connectivity index is 3.10. The fourth-order valence-corrected chi connectivity index (χ4v) is 8.74. The van der Waals surface area contributed by atoms with Gasteiger partial charge in [-0.1, -0.05) is 157 Å². The number of hydrogen-bond acceptors (Lipinski definition) is 11. The second-order valence-corrected chi connectivity index (χ2v) is 18.7. The number of hydrogen-bond donors (Lipinski definition) is 1. The smallest absolute Gasteiger partial charge is 0.308 e. The van der Waals surface area contributed by atoms with Gasteiger partial charge in [0.25, 0.3) is 0 Å². The predicted octanol–water partition coefficient (Wildman–Crippen LogP) is 10.2. The number of esters is 3. The van der Waals surface area contributed by atoms with E-state index in [1.807, 2.05) is 0 Å². The minimum Gasteiger partial charge on any atom is -0.464 e. The molecule has 3 atom stereocenters. The van der Waals surface area contributed by atoms with E-state index in [0.29, 0.717) is 39.5 Å². The maximum absolute atomic E-state index is 13.4. The number of unbranched alkanes of at least 4 members (excludes halogenated alkanes) is 12. The number of ether oxygens (including phenoxy) is 3. The molecular weight excluding hydrogens is 793 g/mol. The molecule has 11 nitrogen and oxygen atoms in total. The van der Waals surface area contributed by atoms with Crippen LogP contribution in [0.15, 0.2) is 0 Å². The van der Waals surface area contributed by atoms with Crippen LogP contribution in [-0.4, -0.2) is 148 Å². The number of carbonyl (C=O) groups is 3. The summed E-state index contributed by atoms with van der Waals surface area (Å²) in [5.74, 6) is -0.306. The minimum atomic E-state index is -0.0710. The molecule has 1 saturated heterocycles. The summed E-state index contributed by atoms with van der Waals surface area (Å²) in [6, 6.07) is 0. The van der Waals surface area contributed by atoms with Gasteiger partial charge in [-0.25, -0.2) is 0 Å². The summed E-state index contributed by atoms with van der Waals surface area (Å²) in [4.78, 5) is 49.8. The van der Waals surface area contributed by atoms with Crippen LogP contribution in [0.2, 0.25) is 0 Å². The lowest BCUT2D eigenvalue weighted by Gasteiger charge is -2.36. The van der Waals surface area contributed by atoms with E-state index >= 15 is 0 Å². The van der Waals surface area contributed by atoms with Crippen molar-refractivity contribution >= 4 is 17.9 Å². The first-order chi connectivity index (χ1) is 30.8. The predicted molar refractivity (Wildman–Crippen MR) is 261 cm³/mol. The van der Waals surface area contributed by atoms with Gasteiger partial charge < -0.3 is 19.3 Å². The van der Waals surface area contributed by atoms with Gasteiger partial charge in [0.05, 0.1) is 24.4 Å². The fourth-order valence-electron chi connectivity index (χ4n) is 8.74. The molecule has 0 aromatic carbocycles. The van der Waals surface area contributed by atoms with Crippen molar-refractivity contribution in [2.45, 2.75) is 196 Å². The third-order valence-corrected chi connectivity index (χ3v) is 13.2. The topological polar surface area (TPSA) is 112 Å². The van der Waals surface area contributed by atoms with E-state index in [0.717, 1.165) is 168 Å². The van der Waals surface area contributed by atoms with Crippen LogP contribution in [0, 0.1) is 17.8 Å². The standard InChI is InChI=1S/C52H102N4O7/c1-7-13-19-22-28-47(25-16-10-4)50(58)61-44-40-55(36-33-53-31-34-54(35-32-53)39-43-57)37-38-56(41-45-62-51(59)48(26-17-11-5)29-23-20-14-8-2)42-46-63-52(60)49(27-18-12-6)30-24-21-15-9-3/h47-49,57H,7-46H2,1-6H3. The van der Waals surface area contributed by atoms with E-state index in [4.69, 9.17) is 14.2 Å². The molecule has 0 aromatic rings. The summed E-state index contributed by atoms with van der Waals surface area (Å²) >= 11 is 0. The van der Waals surface area contributed by atoms with Gasteiger partial charge in [-0.05, 0) is 38.5 Å². The highest BCUT2D eigenvalue weighted by atomic mass is 16.5. The SMILES string of the molecule is CCCCCCC(CCCC)C(=O)OCCN(CCOC(=O)C(CCCC)CCCCCC)CCN(CCOC(=O)C(CCCC)CCCCCC)CCN1CCN(CCO)CC1. The van der Waals surface area contributed by atoms with E-state index in [1.165, 1.54) is 44.9 Å². The third kappa shape index (κ3) is 30.9. The molecular formula is C52H102N4O7. The number of rotatable bonds is 44. The number of β-amino-alcohol motifs (C(OH)–C–C–N with tert-alkyl or cyclic N) is 1. The van der Waals surface area contributed by atoms with Gasteiger partial charge in [0.2, 0.25) is 0 Å². The molecule has 0 radical (unpaired) electrons. The molecule has 1 rings (SSSR count). The molecule has 0 saturated carbocycles. The minimum absolute atomic E-state index is 0.0257. The van der Waals surface area contributed by atoms with Gasteiger partial charge in [-0.3, -0.25) is 34.0 Å². The summed E-state index contributed by atoms with van der Waals surface area (Å²) in [7, 11) is 0. The van der Waals surface area contributed by atoms with Crippen molar-refractivity contribution in [1.29, 1.82) is 0 Å². The lowest BCUT2D eigenvalue weighted by Crippen LogP contribution is -2.49. The van der Waals surface area contributed by atoms with Gasteiger partial charge in [0, 0.05) is 78.5 Å². The van der Waals surface area contributed by atoms with E-state index in [2.05, 4.69) is 61.1 Å². The lowest BCUT2D eigenvalue weighted by atomic mass is 9.95. The zero-order chi connectivity index (χ0) is 46.2. The van der Waals surface area contributed by atoms with Crippen LogP contribution in [-0.2, 0) is 28.6 Å². The van der Waals surface area contributed by atoms with Gasteiger partial charge in [0.15, 0.2) is 0 Å². The molecule has 0 aromatic heterocycles. The molecule has 1 N–H and O–H groups in total. The Morgan fingerprint density at radius 3 is 1.03 bits per heavy atom. The van der Waals surface area contributed by atoms with Crippen molar-refractivity contribution in [2.24, 2.45) is 17.8 Å². The van der Waals surface area contributed by atoms with E-state index < -0.39 is 0 Å². The second kappa shape index (κ2) is 41.6. The molecule has 3 unspecified atom stereocenters. The van der Waals surface area contributed by atoms with Gasteiger partial charge in [-0.2, -0.15) is 0 Å². The van der Waals surface area contributed by atoms with Crippen molar-refractivity contribution in [3.8, 4) is 0 Å². The molecule has 0 aliphatic carbocycles. The van der Waals surface area contributed by atoms with Crippen molar-refractivity contribution in [3.05, 3.63) is 0 Å². The lowest BCUT2D eigenvalue weighted by molar-refractivity contribution is -0.151. The Kier molecular flexibility index (Phi) is 39.1. The van der Waals surface area contributed by atoms with Crippen LogP contribution in [0.3, 0.4) is 0 Å². The summed E-state index contributed by atoms with van der Waals surface area (Å²) in [6.45, 7) is 24.0.